The zero-order chi connectivity index (χ0) is 49.6. The highest BCUT2D eigenvalue weighted by atomic mass is 32.3. The first kappa shape index (κ1) is 54.2. The van der Waals surface area contributed by atoms with Gasteiger partial charge in [-0.15, -0.1) is 0 Å². The van der Waals surface area contributed by atoms with E-state index in [1.165, 1.54) is 30.3 Å². The number of carbonyl (C=O) groups is 1. The molecule has 0 saturated heterocycles. The minimum Gasteiger partial charge on any atom is -0.397 e. The van der Waals surface area contributed by atoms with Gasteiger partial charge in [0.25, 0.3) is 0 Å². The van der Waals surface area contributed by atoms with E-state index in [4.69, 9.17) is 4.18 Å². The van der Waals surface area contributed by atoms with E-state index in [-0.39, 0.29) is 0 Å². The Labute approximate surface area is 348 Å². The van der Waals surface area contributed by atoms with E-state index < -0.39 is 96.4 Å². The third-order valence-corrected chi connectivity index (χ3v) is 12.8. The first-order valence-electron chi connectivity index (χ1n) is 18.0. The number of halogens is 23. The molecule has 0 atom stereocenters. The molecule has 0 fully saturated rings. The van der Waals surface area contributed by atoms with Crippen molar-refractivity contribution >= 4 is 16.3 Å². The summed E-state index contributed by atoms with van der Waals surface area (Å²) in [5, 5.41) is 0. The number of hydrogen-bond acceptors (Lipinski definition) is 2. The summed E-state index contributed by atoms with van der Waals surface area (Å²) in [5.41, 5.74) is 1.01. The van der Waals surface area contributed by atoms with E-state index in [0.29, 0.717) is 49.7 Å². The highest BCUT2D eigenvalue weighted by Crippen LogP contribution is 2.71. The molecule has 0 N–H and O–H groups in total. The molecule has 3 aromatic rings. The summed E-state index contributed by atoms with van der Waals surface area (Å²) in [6.07, 6.45) is -5.11. The van der Waals surface area contributed by atoms with Gasteiger partial charge in [0.05, 0.1) is 0 Å². The Balaban J connectivity index is 2.28. The Morgan fingerprint density at radius 2 is 0.688 bits per heavy atom. The maximum absolute atomic E-state index is 15.6. The second-order valence-electron chi connectivity index (χ2n) is 14.0. The van der Waals surface area contributed by atoms with Gasteiger partial charge in [-0.1, -0.05) is 69.2 Å². The van der Waals surface area contributed by atoms with Gasteiger partial charge in [0.2, 0.25) is 0 Å². The number of unbranched alkanes of at least 4 members (excludes halogenated alkanes) is 2. The van der Waals surface area contributed by atoms with Gasteiger partial charge in [-0.25, -0.2) is 4.79 Å². The van der Waals surface area contributed by atoms with Crippen LogP contribution in [0.4, 0.5) is 101 Å². The Kier molecular flexibility index (Phi) is 14.9. The number of rotatable bonds is 20. The normalized spacial score (nSPS) is 15.0. The van der Waals surface area contributed by atoms with Crippen LogP contribution < -0.4 is 0 Å². The lowest BCUT2D eigenvalue weighted by Crippen LogP contribution is -2.78. The van der Waals surface area contributed by atoms with Gasteiger partial charge in [0, 0.05) is 14.7 Å². The SMILES string of the molecule is CCCCc1ccc(S(OC(=O)C(F)(F)C(F)(F)C(F)(F)C(F)(F)C(F)(F)C(F)(F)C(F)(F)C(F)(F)C(F)(F)C(F)(F)C(F)(F)F)(c2ccccc2)c2ccc(CCCC)cc2)cc1. The van der Waals surface area contributed by atoms with Crippen molar-refractivity contribution in [1.82, 2.24) is 0 Å². The molecule has 0 amide bonds. The third-order valence-electron chi connectivity index (χ3n) is 9.59. The number of alkyl halides is 23. The number of aryl methyl sites for hydroxylation is 2. The fourth-order valence-corrected chi connectivity index (χ4v) is 8.69. The molecule has 0 saturated carbocycles. The zero-order valence-electron chi connectivity index (χ0n) is 32.2. The van der Waals surface area contributed by atoms with Crippen molar-refractivity contribution in [2.45, 2.75) is 132 Å². The van der Waals surface area contributed by atoms with Crippen LogP contribution in [0, 0.1) is 0 Å². The third kappa shape index (κ3) is 8.22. The second kappa shape index (κ2) is 17.6. The van der Waals surface area contributed by atoms with Crippen LogP contribution in [0.15, 0.2) is 93.5 Å². The first-order valence-corrected chi connectivity index (χ1v) is 19.5. The van der Waals surface area contributed by atoms with Crippen molar-refractivity contribution in [2.75, 3.05) is 0 Å². The first-order chi connectivity index (χ1) is 28.8. The molecule has 0 aliphatic heterocycles. The molecule has 0 aliphatic rings. The lowest BCUT2D eigenvalue weighted by atomic mass is 9.85. The van der Waals surface area contributed by atoms with Crippen molar-refractivity contribution in [3.8, 4) is 0 Å². The Morgan fingerprint density at radius 3 is 0.984 bits per heavy atom. The van der Waals surface area contributed by atoms with Crippen LogP contribution in [0.1, 0.15) is 50.7 Å². The van der Waals surface area contributed by atoms with E-state index in [2.05, 4.69) is 0 Å². The summed E-state index contributed by atoms with van der Waals surface area (Å²) in [5.74, 6) is -94.5. The van der Waals surface area contributed by atoms with Gasteiger partial charge < -0.3 is 4.18 Å². The number of benzene rings is 3. The molecule has 26 heteroatoms. The highest BCUT2D eigenvalue weighted by Gasteiger charge is 2.99. The maximum atomic E-state index is 15.6. The van der Waals surface area contributed by atoms with Crippen LogP contribution in [-0.2, 0) is 21.8 Å². The maximum Gasteiger partial charge on any atom is 0.460 e. The standard InChI is InChI=1S/C38H31F23O2S/c1-3-5-10-22-14-18-25(19-15-22)64(24-12-8-7-9-13-24,26-20-16-23(17-21-26)11-6-4-2)63-27(62)28(39,40)29(41,42)30(43,44)31(45,46)32(47,48)33(49,50)34(51,52)35(53,54)36(55,56)37(57,58)38(59,60)61/h7-9,12-21H,3-6,10-11H2,1-2H3. The van der Waals surface area contributed by atoms with Crippen LogP contribution in [0.5, 0.6) is 0 Å². The minimum absolute atomic E-state index is 0.347. The van der Waals surface area contributed by atoms with Gasteiger partial charge in [-0.2, -0.15) is 101 Å². The molecule has 64 heavy (non-hydrogen) atoms. The molecular weight excluding hydrogens is 957 g/mol. The van der Waals surface area contributed by atoms with Gasteiger partial charge in [-0.3, -0.25) is 0 Å². The predicted molar refractivity (Wildman–Crippen MR) is 181 cm³/mol. The summed E-state index contributed by atoms with van der Waals surface area (Å²) in [6, 6.07) is 14.9. The lowest BCUT2D eigenvalue weighted by molar-refractivity contribution is -0.477. The van der Waals surface area contributed by atoms with Crippen molar-refractivity contribution in [3.05, 3.63) is 90.0 Å². The van der Waals surface area contributed by atoms with Crippen molar-refractivity contribution < 1.29 is 110 Å². The van der Waals surface area contributed by atoms with Crippen molar-refractivity contribution in [3.63, 3.8) is 0 Å². The fourth-order valence-electron chi connectivity index (χ4n) is 5.67. The molecule has 0 bridgehead atoms. The molecule has 0 radical (unpaired) electrons. The number of carbonyl (C=O) groups excluding carboxylic acids is 1. The molecule has 0 aromatic heterocycles. The van der Waals surface area contributed by atoms with Crippen LogP contribution >= 0.6 is 10.3 Å². The van der Waals surface area contributed by atoms with Crippen LogP contribution in [0.3, 0.4) is 0 Å². The van der Waals surface area contributed by atoms with Gasteiger partial charge in [0.1, 0.15) is 0 Å². The van der Waals surface area contributed by atoms with E-state index >= 15 is 17.6 Å². The Morgan fingerprint density at radius 1 is 0.406 bits per heavy atom. The molecule has 2 nitrogen and oxygen atoms in total. The van der Waals surface area contributed by atoms with Gasteiger partial charge in [0.15, 0.2) is 0 Å². The second-order valence-corrected chi connectivity index (χ2v) is 16.7. The molecule has 0 heterocycles. The quantitative estimate of drug-likeness (QED) is 0.105. The summed E-state index contributed by atoms with van der Waals surface area (Å²) >= 11 is 0. The average molecular weight is 989 g/mol. The van der Waals surface area contributed by atoms with Gasteiger partial charge >= 0.3 is 71.4 Å². The van der Waals surface area contributed by atoms with Gasteiger partial charge in [-0.05, 0) is 83.5 Å². The molecule has 0 unspecified atom stereocenters. The minimum atomic E-state index is -9.56. The van der Waals surface area contributed by atoms with Crippen LogP contribution in [-0.4, -0.2) is 71.4 Å². The molecule has 3 rings (SSSR count). The Hall–Kier alpha value is -4.13. The Bertz CT molecular complexity index is 2000. The molecular formula is C38H31F23O2S. The monoisotopic (exact) mass is 988 g/mol. The molecule has 3 aromatic carbocycles. The van der Waals surface area contributed by atoms with Crippen molar-refractivity contribution in [1.29, 1.82) is 0 Å². The average Bonchev–Trinajstić information content (AvgIpc) is 3.20. The van der Waals surface area contributed by atoms with E-state index in [9.17, 15) is 88.2 Å². The molecule has 362 valence electrons. The van der Waals surface area contributed by atoms with E-state index in [1.54, 1.807) is 13.8 Å². The van der Waals surface area contributed by atoms with Crippen LogP contribution in [0.2, 0.25) is 0 Å². The summed E-state index contributed by atoms with van der Waals surface area (Å²) in [4.78, 5) is 12.0. The van der Waals surface area contributed by atoms with Crippen molar-refractivity contribution in [2.24, 2.45) is 0 Å². The summed E-state index contributed by atoms with van der Waals surface area (Å²) in [7, 11) is -4.41. The summed E-state index contributed by atoms with van der Waals surface area (Å²) in [6.45, 7) is 3.57. The lowest BCUT2D eigenvalue weighted by Gasteiger charge is -2.45. The topological polar surface area (TPSA) is 26.3 Å². The molecule has 0 spiro atoms. The summed E-state index contributed by atoms with van der Waals surface area (Å²) < 4.78 is 331. The number of hydrogen-bond donors (Lipinski definition) is 0. The smallest absolute Gasteiger partial charge is 0.397 e. The largest absolute Gasteiger partial charge is 0.460 e. The highest BCUT2D eigenvalue weighted by molar-refractivity contribution is 8.30. The zero-order valence-corrected chi connectivity index (χ0v) is 33.0. The van der Waals surface area contributed by atoms with E-state index in [1.807, 2.05) is 0 Å². The van der Waals surface area contributed by atoms with E-state index in [0.717, 1.165) is 48.5 Å². The van der Waals surface area contributed by atoms with Crippen LogP contribution in [0.25, 0.3) is 0 Å². The predicted octanol–water partition coefficient (Wildman–Crippen LogP) is 15.0. The molecule has 0 aliphatic carbocycles. The fraction of sp³-hybridized carbons (Fsp3) is 0.500.